The summed E-state index contributed by atoms with van der Waals surface area (Å²) >= 11 is 6.15. The van der Waals surface area contributed by atoms with Crippen molar-refractivity contribution in [3.05, 3.63) is 87.9 Å². The molecule has 4 rings (SSSR count). The van der Waals surface area contributed by atoms with E-state index in [0.717, 1.165) is 11.1 Å². The van der Waals surface area contributed by atoms with Gasteiger partial charge in [0.2, 0.25) is 0 Å². The van der Waals surface area contributed by atoms with Crippen molar-refractivity contribution in [2.75, 3.05) is 14.2 Å². The van der Waals surface area contributed by atoms with E-state index in [0.29, 0.717) is 39.8 Å². The maximum atomic E-state index is 13.4. The van der Waals surface area contributed by atoms with Crippen molar-refractivity contribution in [3.63, 3.8) is 0 Å². The van der Waals surface area contributed by atoms with Crippen molar-refractivity contribution in [1.82, 2.24) is 5.01 Å². The Morgan fingerprint density at radius 1 is 1.03 bits per heavy atom. The van der Waals surface area contributed by atoms with Crippen molar-refractivity contribution in [2.24, 2.45) is 5.10 Å². The molecular weight excluding hydrogens is 428 g/mol. The molecule has 0 radical (unpaired) electrons. The second-order valence-electron chi connectivity index (χ2n) is 7.56. The number of hydrazone groups is 1. The van der Waals surface area contributed by atoms with Gasteiger partial charge in [0.1, 0.15) is 5.75 Å². The summed E-state index contributed by atoms with van der Waals surface area (Å²) in [4.78, 5) is 13.4. The van der Waals surface area contributed by atoms with Crippen molar-refractivity contribution >= 4 is 23.2 Å². The summed E-state index contributed by atoms with van der Waals surface area (Å²) in [5.74, 6) is 0.983. The number of carbonyl (C=O) groups excluding carboxylic acids is 1. The van der Waals surface area contributed by atoms with Gasteiger partial charge in [-0.25, -0.2) is 5.01 Å². The Morgan fingerprint density at radius 2 is 1.75 bits per heavy atom. The lowest BCUT2D eigenvalue weighted by Gasteiger charge is -2.23. The second kappa shape index (κ2) is 8.93. The van der Waals surface area contributed by atoms with E-state index in [4.69, 9.17) is 21.1 Å². The van der Waals surface area contributed by atoms with E-state index in [1.807, 2.05) is 31.2 Å². The predicted octanol–water partition coefficient (Wildman–Crippen LogP) is 5.36. The van der Waals surface area contributed by atoms with Gasteiger partial charge in [0.05, 0.1) is 26.0 Å². The molecule has 0 saturated carbocycles. The van der Waals surface area contributed by atoms with Gasteiger partial charge >= 0.3 is 0 Å². The molecule has 6 nitrogen and oxygen atoms in total. The molecule has 0 aromatic heterocycles. The van der Waals surface area contributed by atoms with Crippen LogP contribution < -0.4 is 9.47 Å². The predicted molar refractivity (Wildman–Crippen MR) is 124 cm³/mol. The lowest BCUT2D eigenvalue weighted by molar-refractivity contribution is 0.0711. The molecule has 0 bridgehead atoms. The Kier molecular flexibility index (Phi) is 6.06. The molecule has 1 amide bonds. The number of nitrogens with zero attached hydrogens (tertiary/aromatic N) is 2. The Hall–Kier alpha value is -3.51. The molecule has 3 aromatic carbocycles. The topological polar surface area (TPSA) is 71.4 Å². The minimum atomic E-state index is -0.392. The standard InChI is InChI=1S/C25H23ClN2O4/c1-15-4-6-16(7-5-15)25(30)28-21(17-8-11-23(31-2)24(12-17)32-3)14-20(27-28)19-13-18(26)9-10-22(19)29/h4-13,21,29H,14H2,1-3H3/t21-/m0/s1. The number of aromatic hydroxyl groups is 1. The number of hydrogen-bond donors (Lipinski definition) is 1. The minimum absolute atomic E-state index is 0.0591. The zero-order valence-electron chi connectivity index (χ0n) is 18.0. The molecular formula is C25H23ClN2O4. The van der Waals surface area contributed by atoms with Crippen LogP contribution in [0.4, 0.5) is 0 Å². The van der Waals surface area contributed by atoms with Gasteiger partial charge in [-0.1, -0.05) is 35.4 Å². The van der Waals surface area contributed by atoms with E-state index >= 15 is 0 Å². The number of methoxy groups -OCH3 is 2. The Morgan fingerprint density at radius 3 is 2.44 bits per heavy atom. The summed E-state index contributed by atoms with van der Waals surface area (Å²) in [7, 11) is 3.14. The molecule has 1 atom stereocenters. The van der Waals surface area contributed by atoms with E-state index in [9.17, 15) is 9.90 Å². The van der Waals surface area contributed by atoms with E-state index in [2.05, 4.69) is 5.10 Å². The zero-order chi connectivity index (χ0) is 22.8. The van der Waals surface area contributed by atoms with Crippen LogP contribution in [0.3, 0.4) is 0 Å². The summed E-state index contributed by atoms with van der Waals surface area (Å²) in [5.41, 5.74) is 3.50. The number of rotatable bonds is 5. The number of amides is 1. The van der Waals surface area contributed by atoms with E-state index in [1.165, 1.54) is 11.1 Å². The first-order valence-electron chi connectivity index (χ1n) is 10.1. The van der Waals surface area contributed by atoms with Gasteiger partial charge in [0, 0.05) is 22.6 Å². The third-order valence-corrected chi connectivity index (χ3v) is 5.71. The molecule has 0 fully saturated rings. The van der Waals surface area contributed by atoms with Crippen LogP contribution in [0.15, 0.2) is 65.8 Å². The molecule has 7 heteroatoms. The molecule has 1 N–H and O–H groups in total. The number of halogens is 1. The Labute approximate surface area is 191 Å². The smallest absolute Gasteiger partial charge is 0.274 e. The van der Waals surface area contributed by atoms with Crippen molar-refractivity contribution in [2.45, 2.75) is 19.4 Å². The third-order valence-electron chi connectivity index (χ3n) is 5.48. The largest absolute Gasteiger partial charge is 0.507 e. The van der Waals surface area contributed by atoms with Gasteiger partial charge in [-0.05, 0) is 55.0 Å². The van der Waals surface area contributed by atoms with Crippen LogP contribution in [0, 0.1) is 6.92 Å². The molecule has 32 heavy (non-hydrogen) atoms. The van der Waals surface area contributed by atoms with Crippen molar-refractivity contribution < 1.29 is 19.4 Å². The molecule has 0 spiro atoms. The van der Waals surface area contributed by atoms with Crippen LogP contribution in [0.5, 0.6) is 17.2 Å². The van der Waals surface area contributed by atoms with Crippen LogP contribution in [-0.4, -0.2) is 36.0 Å². The number of ether oxygens (including phenoxy) is 2. The molecule has 3 aromatic rings. The highest BCUT2D eigenvalue weighted by Gasteiger charge is 2.35. The SMILES string of the molecule is COc1ccc([C@@H]2CC(c3cc(Cl)ccc3O)=NN2C(=O)c2ccc(C)cc2)cc1OC. The highest BCUT2D eigenvalue weighted by molar-refractivity contribution is 6.31. The molecule has 1 aliphatic heterocycles. The Bertz CT molecular complexity index is 1190. The fourth-order valence-electron chi connectivity index (χ4n) is 3.75. The first-order chi connectivity index (χ1) is 15.4. The highest BCUT2D eigenvalue weighted by Crippen LogP contribution is 2.39. The fraction of sp³-hybridized carbons (Fsp3) is 0.200. The van der Waals surface area contributed by atoms with E-state index in [-0.39, 0.29) is 11.7 Å². The molecule has 1 aliphatic rings. The van der Waals surface area contributed by atoms with Crippen molar-refractivity contribution in [1.29, 1.82) is 0 Å². The number of hydrogen-bond acceptors (Lipinski definition) is 5. The average molecular weight is 451 g/mol. The maximum absolute atomic E-state index is 13.4. The van der Waals surface area contributed by atoms with Crippen molar-refractivity contribution in [3.8, 4) is 17.2 Å². The van der Waals surface area contributed by atoms with Gasteiger partial charge in [-0.15, -0.1) is 0 Å². The lowest BCUT2D eigenvalue weighted by Crippen LogP contribution is -2.27. The first kappa shape index (κ1) is 21.7. The normalized spacial score (nSPS) is 15.4. The van der Waals surface area contributed by atoms with Gasteiger partial charge in [-0.2, -0.15) is 5.10 Å². The number of benzene rings is 3. The molecule has 164 valence electrons. The quantitative estimate of drug-likeness (QED) is 0.567. The average Bonchev–Trinajstić information content (AvgIpc) is 3.25. The summed E-state index contributed by atoms with van der Waals surface area (Å²) < 4.78 is 10.8. The first-order valence-corrected chi connectivity index (χ1v) is 10.5. The zero-order valence-corrected chi connectivity index (χ0v) is 18.8. The summed E-state index contributed by atoms with van der Waals surface area (Å²) in [6.45, 7) is 1.97. The monoisotopic (exact) mass is 450 g/mol. The Balaban J connectivity index is 1.78. The van der Waals surface area contributed by atoms with Gasteiger partial charge in [-0.3, -0.25) is 4.79 Å². The maximum Gasteiger partial charge on any atom is 0.274 e. The van der Waals surface area contributed by atoms with E-state index in [1.54, 1.807) is 44.6 Å². The number of carbonyl (C=O) groups is 1. The summed E-state index contributed by atoms with van der Waals surface area (Å²) in [6, 6.07) is 17.3. The third kappa shape index (κ3) is 4.14. The summed E-state index contributed by atoms with van der Waals surface area (Å²) in [6.07, 6.45) is 0.404. The van der Waals surface area contributed by atoms with Gasteiger partial charge in [0.25, 0.3) is 5.91 Å². The van der Waals surface area contributed by atoms with Gasteiger partial charge < -0.3 is 14.6 Å². The van der Waals surface area contributed by atoms with Gasteiger partial charge in [0.15, 0.2) is 11.5 Å². The summed E-state index contributed by atoms with van der Waals surface area (Å²) in [5, 5.41) is 17.0. The van der Waals surface area contributed by atoms with Crippen LogP contribution >= 0.6 is 11.6 Å². The minimum Gasteiger partial charge on any atom is -0.507 e. The second-order valence-corrected chi connectivity index (χ2v) is 7.99. The van der Waals surface area contributed by atoms with E-state index < -0.39 is 6.04 Å². The van der Waals surface area contributed by atoms with Crippen LogP contribution in [0.2, 0.25) is 5.02 Å². The van der Waals surface area contributed by atoms with Crippen LogP contribution in [-0.2, 0) is 0 Å². The molecule has 1 heterocycles. The molecule has 0 aliphatic carbocycles. The number of phenolic OH excluding ortho intramolecular Hbond substituents is 1. The molecule has 0 saturated heterocycles. The lowest BCUT2D eigenvalue weighted by atomic mass is 9.97. The number of phenols is 1. The molecule has 0 unspecified atom stereocenters. The highest BCUT2D eigenvalue weighted by atomic mass is 35.5. The number of aryl methyl sites for hydroxylation is 1. The van der Waals surface area contributed by atoms with Crippen LogP contribution in [0.25, 0.3) is 0 Å². The van der Waals surface area contributed by atoms with Crippen LogP contribution in [0.1, 0.15) is 39.5 Å². The fourth-order valence-corrected chi connectivity index (χ4v) is 3.92.